The van der Waals surface area contributed by atoms with E-state index in [1.807, 2.05) is 24.3 Å². The van der Waals surface area contributed by atoms with E-state index >= 15 is 0 Å². The van der Waals surface area contributed by atoms with Gasteiger partial charge in [-0.3, -0.25) is 0 Å². The zero-order valence-electron chi connectivity index (χ0n) is 9.91. The summed E-state index contributed by atoms with van der Waals surface area (Å²) >= 11 is 6.66. The summed E-state index contributed by atoms with van der Waals surface area (Å²) in [6.07, 6.45) is 0. The van der Waals surface area contributed by atoms with Crippen molar-refractivity contribution in [1.29, 1.82) is 0 Å². The molecule has 0 N–H and O–H groups in total. The number of benzene rings is 2. The predicted octanol–water partition coefficient (Wildman–Crippen LogP) is 4.81. The van der Waals surface area contributed by atoms with Crippen molar-refractivity contribution >= 4 is 31.9 Å². The third-order valence-corrected chi connectivity index (χ3v) is 3.45. The van der Waals surface area contributed by atoms with Crippen molar-refractivity contribution < 1.29 is 13.9 Å². The van der Waals surface area contributed by atoms with Crippen LogP contribution < -0.4 is 9.47 Å². The normalized spacial score (nSPS) is 10.3. The summed E-state index contributed by atoms with van der Waals surface area (Å²) in [4.78, 5) is 0. The first-order valence-electron chi connectivity index (χ1n) is 5.61. The first-order chi connectivity index (χ1) is 9.15. The molecule has 0 aliphatic carbocycles. The number of hydrogen-bond donors (Lipinski definition) is 0. The lowest BCUT2D eigenvalue weighted by Crippen LogP contribution is -2.09. The van der Waals surface area contributed by atoms with Crippen LogP contribution in [0.1, 0.15) is 0 Å². The average Bonchev–Trinajstić information content (AvgIpc) is 2.39. The molecule has 0 radical (unpaired) electrons. The van der Waals surface area contributed by atoms with Gasteiger partial charge in [-0.25, -0.2) is 4.39 Å². The van der Waals surface area contributed by atoms with Gasteiger partial charge in [0, 0.05) is 10.5 Å². The SMILES string of the molecule is Fc1ccc(Br)c(OCCOc2cccc(Br)c2)c1. The molecule has 2 aromatic rings. The molecule has 2 nitrogen and oxygen atoms in total. The van der Waals surface area contributed by atoms with Gasteiger partial charge in [0.25, 0.3) is 0 Å². The molecule has 0 heterocycles. The Bertz CT molecular complexity index is 561. The maximum atomic E-state index is 13.0. The molecule has 0 bridgehead atoms. The van der Waals surface area contributed by atoms with Gasteiger partial charge in [-0.2, -0.15) is 0 Å². The first-order valence-corrected chi connectivity index (χ1v) is 7.20. The van der Waals surface area contributed by atoms with Crippen LogP contribution in [0.25, 0.3) is 0 Å². The number of ether oxygens (including phenoxy) is 2. The number of halogens is 3. The fourth-order valence-electron chi connectivity index (χ4n) is 1.46. The topological polar surface area (TPSA) is 18.5 Å². The van der Waals surface area contributed by atoms with Crippen LogP contribution in [0.3, 0.4) is 0 Å². The van der Waals surface area contributed by atoms with Crippen molar-refractivity contribution in [2.75, 3.05) is 13.2 Å². The van der Waals surface area contributed by atoms with Gasteiger partial charge in [-0.05, 0) is 46.3 Å². The van der Waals surface area contributed by atoms with Gasteiger partial charge in [0.15, 0.2) is 0 Å². The molecule has 0 aliphatic heterocycles. The monoisotopic (exact) mass is 388 g/mol. The third-order valence-electron chi connectivity index (χ3n) is 2.30. The maximum absolute atomic E-state index is 13.0. The van der Waals surface area contributed by atoms with Crippen molar-refractivity contribution in [2.45, 2.75) is 0 Å². The molecule has 0 aromatic heterocycles. The highest BCUT2D eigenvalue weighted by atomic mass is 79.9. The van der Waals surface area contributed by atoms with E-state index in [1.165, 1.54) is 12.1 Å². The van der Waals surface area contributed by atoms with Crippen LogP contribution in [0, 0.1) is 5.82 Å². The zero-order valence-corrected chi connectivity index (χ0v) is 13.1. The summed E-state index contributed by atoms with van der Waals surface area (Å²) in [5, 5.41) is 0. The van der Waals surface area contributed by atoms with E-state index in [4.69, 9.17) is 9.47 Å². The van der Waals surface area contributed by atoms with Gasteiger partial charge < -0.3 is 9.47 Å². The second-order valence-electron chi connectivity index (χ2n) is 3.73. The molecule has 0 saturated carbocycles. The van der Waals surface area contributed by atoms with Crippen LogP contribution in [-0.2, 0) is 0 Å². The lowest BCUT2D eigenvalue weighted by molar-refractivity contribution is 0.215. The Morgan fingerprint density at radius 3 is 2.53 bits per heavy atom. The Morgan fingerprint density at radius 2 is 1.74 bits per heavy atom. The summed E-state index contributed by atoms with van der Waals surface area (Å²) in [7, 11) is 0. The molecule has 19 heavy (non-hydrogen) atoms. The fraction of sp³-hybridized carbons (Fsp3) is 0.143. The van der Waals surface area contributed by atoms with E-state index in [0.717, 1.165) is 14.7 Å². The first kappa shape index (κ1) is 14.3. The van der Waals surface area contributed by atoms with Crippen LogP contribution in [0.5, 0.6) is 11.5 Å². The fourth-order valence-corrected chi connectivity index (χ4v) is 2.20. The second kappa shape index (κ2) is 6.91. The molecular weight excluding hydrogens is 379 g/mol. The summed E-state index contributed by atoms with van der Waals surface area (Å²) in [5.41, 5.74) is 0. The summed E-state index contributed by atoms with van der Waals surface area (Å²) in [6, 6.07) is 11.9. The highest BCUT2D eigenvalue weighted by Gasteiger charge is 2.03. The minimum absolute atomic E-state index is 0.328. The van der Waals surface area contributed by atoms with Crippen LogP contribution >= 0.6 is 31.9 Å². The van der Waals surface area contributed by atoms with Crippen LogP contribution in [-0.4, -0.2) is 13.2 Å². The molecule has 0 fully saturated rings. The third kappa shape index (κ3) is 4.51. The molecule has 0 aliphatic rings. The minimum Gasteiger partial charge on any atom is -0.490 e. The summed E-state index contributed by atoms with van der Waals surface area (Å²) < 4.78 is 25.7. The van der Waals surface area contributed by atoms with Crippen LogP contribution in [0.2, 0.25) is 0 Å². The largest absolute Gasteiger partial charge is 0.490 e. The molecule has 0 spiro atoms. The molecule has 0 atom stereocenters. The van der Waals surface area contributed by atoms with Crippen molar-refractivity contribution in [3.8, 4) is 11.5 Å². The minimum atomic E-state index is -0.328. The molecule has 0 unspecified atom stereocenters. The molecular formula is C14H11Br2FO2. The van der Waals surface area contributed by atoms with Crippen molar-refractivity contribution in [2.24, 2.45) is 0 Å². The van der Waals surface area contributed by atoms with Crippen LogP contribution in [0.15, 0.2) is 51.4 Å². The summed E-state index contributed by atoms with van der Waals surface area (Å²) in [5.74, 6) is 0.903. The molecule has 0 saturated heterocycles. The van der Waals surface area contributed by atoms with Gasteiger partial charge in [0.1, 0.15) is 30.5 Å². The Kier molecular flexibility index (Phi) is 5.22. The van der Waals surface area contributed by atoms with Gasteiger partial charge in [-0.15, -0.1) is 0 Å². The number of rotatable bonds is 5. The Labute approximate surface area is 127 Å². The van der Waals surface area contributed by atoms with Gasteiger partial charge in [0.2, 0.25) is 0 Å². The summed E-state index contributed by atoms with van der Waals surface area (Å²) in [6.45, 7) is 0.730. The van der Waals surface area contributed by atoms with Crippen molar-refractivity contribution in [3.63, 3.8) is 0 Å². The average molecular weight is 390 g/mol. The molecule has 2 rings (SSSR count). The molecule has 100 valence electrons. The predicted molar refractivity (Wildman–Crippen MR) is 79.2 cm³/mol. The number of hydrogen-bond acceptors (Lipinski definition) is 2. The van der Waals surface area contributed by atoms with Crippen molar-refractivity contribution in [1.82, 2.24) is 0 Å². The lowest BCUT2D eigenvalue weighted by atomic mass is 10.3. The Balaban J connectivity index is 1.82. The van der Waals surface area contributed by atoms with E-state index in [0.29, 0.717) is 19.0 Å². The Morgan fingerprint density at radius 1 is 0.947 bits per heavy atom. The van der Waals surface area contributed by atoms with E-state index < -0.39 is 0 Å². The Hall–Kier alpha value is -1.07. The smallest absolute Gasteiger partial charge is 0.136 e. The van der Waals surface area contributed by atoms with Gasteiger partial charge >= 0.3 is 0 Å². The van der Waals surface area contributed by atoms with E-state index in [1.54, 1.807) is 6.07 Å². The molecule has 2 aromatic carbocycles. The van der Waals surface area contributed by atoms with Crippen molar-refractivity contribution in [3.05, 3.63) is 57.2 Å². The molecule has 0 amide bonds. The van der Waals surface area contributed by atoms with Crippen LogP contribution in [0.4, 0.5) is 4.39 Å². The standard InChI is InChI=1S/C14H11Br2FO2/c15-10-2-1-3-12(8-10)18-6-7-19-14-9-11(17)4-5-13(14)16/h1-5,8-9H,6-7H2. The lowest BCUT2D eigenvalue weighted by Gasteiger charge is -2.10. The zero-order chi connectivity index (χ0) is 13.7. The highest BCUT2D eigenvalue weighted by molar-refractivity contribution is 9.10. The second-order valence-corrected chi connectivity index (χ2v) is 5.50. The van der Waals surface area contributed by atoms with Gasteiger partial charge in [0.05, 0.1) is 4.47 Å². The van der Waals surface area contributed by atoms with E-state index in [-0.39, 0.29) is 5.82 Å². The maximum Gasteiger partial charge on any atom is 0.136 e. The van der Waals surface area contributed by atoms with E-state index in [2.05, 4.69) is 31.9 Å². The molecule has 5 heteroatoms. The van der Waals surface area contributed by atoms with E-state index in [9.17, 15) is 4.39 Å². The van der Waals surface area contributed by atoms with Gasteiger partial charge in [-0.1, -0.05) is 22.0 Å². The quantitative estimate of drug-likeness (QED) is 0.683. The highest BCUT2D eigenvalue weighted by Crippen LogP contribution is 2.25.